The van der Waals surface area contributed by atoms with Crippen LogP contribution in [-0.2, 0) is 14.8 Å². The van der Waals surface area contributed by atoms with Crippen molar-refractivity contribution in [2.45, 2.75) is 17.7 Å². The number of nitrogens with one attached hydrogen (secondary N) is 1. The summed E-state index contributed by atoms with van der Waals surface area (Å²) >= 11 is 0. The molecule has 5 rings (SSSR count). The Hall–Kier alpha value is -3.28. The summed E-state index contributed by atoms with van der Waals surface area (Å²) in [6.45, 7) is 2.95. The van der Waals surface area contributed by atoms with E-state index in [0.717, 1.165) is 31.6 Å². The fourth-order valence-electron chi connectivity index (χ4n) is 4.31. The fourth-order valence-corrected chi connectivity index (χ4v) is 5.75. The van der Waals surface area contributed by atoms with Crippen LogP contribution in [-0.4, -0.2) is 67.8 Å². The van der Waals surface area contributed by atoms with Gasteiger partial charge in [0.15, 0.2) is 5.69 Å². The molecule has 1 aromatic heterocycles. The predicted molar refractivity (Wildman–Crippen MR) is 129 cm³/mol. The topological polar surface area (TPSA) is 96.8 Å². The lowest BCUT2D eigenvalue weighted by atomic mass is 10.2. The van der Waals surface area contributed by atoms with E-state index in [1.165, 1.54) is 27.2 Å². The van der Waals surface area contributed by atoms with Crippen molar-refractivity contribution < 1.29 is 22.3 Å². The summed E-state index contributed by atoms with van der Waals surface area (Å²) in [5, 5.41) is 7.18. The van der Waals surface area contributed by atoms with Crippen molar-refractivity contribution in [3.8, 4) is 5.69 Å². The van der Waals surface area contributed by atoms with Crippen molar-refractivity contribution >= 4 is 27.3 Å². The molecule has 3 heterocycles. The Morgan fingerprint density at radius 1 is 0.971 bits per heavy atom. The van der Waals surface area contributed by atoms with E-state index in [2.05, 4.69) is 15.3 Å². The number of nitrogens with zero attached hydrogens (tertiary/aromatic N) is 4. The second-order valence-corrected chi connectivity index (χ2v) is 10.4. The summed E-state index contributed by atoms with van der Waals surface area (Å²) < 4.78 is 47.8. The van der Waals surface area contributed by atoms with E-state index in [1.54, 1.807) is 36.5 Å². The molecule has 184 valence electrons. The minimum absolute atomic E-state index is 0.120. The SMILES string of the molecule is O=C(Nc1cc(S(=O)(=O)N2CCOCC2)ccc1N1CCCC1)c1ccn(-c2ccc(F)cc2)n1. The number of sulfonamides is 1. The number of amides is 1. The van der Waals surface area contributed by atoms with E-state index in [9.17, 15) is 17.6 Å². The van der Waals surface area contributed by atoms with Gasteiger partial charge in [0.1, 0.15) is 5.82 Å². The maximum atomic E-state index is 13.2. The molecule has 0 radical (unpaired) electrons. The van der Waals surface area contributed by atoms with Gasteiger partial charge < -0.3 is 15.0 Å². The molecule has 2 aliphatic heterocycles. The van der Waals surface area contributed by atoms with E-state index >= 15 is 0 Å². The highest BCUT2D eigenvalue weighted by Crippen LogP contribution is 2.33. The number of aromatic nitrogens is 2. The molecular weight excluding hydrogens is 473 g/mol. The normalized spacial score (nSPS) is 17.0. The van der Waals surface area contributed by atoms with Crippen LogP contribution in [0.2, 0.25) is 0 Å². The maximum Gasteiger partial charge on any atom is 0.276 e. The van der Waals surface area contributed by atoms with Gasteiger partial charge in [-0.15, -0.1) is 0 Å². The van der Waals surface area contributed by atoms with Crippen LogP contribution in [0.3, 0.4) is 0 Å². The average Bonchev–Trinajstić information content (AvgIpc) is 3.58. The van der Waals surface area contributed by atoms with Crippen LogP contribution in [0.4, 0.5) is 15.8 Å². The molecule has 1 amide bonds. The summed E-state index contributed by atoms with van der Waals surface area (Å²) in [5.74, 6) is -0.826. The Morgan fingerprint density at radius 3 is 2.40 bits per heavy atom. The van der Waals surface area contributed by atoms with Crippen molar-refractivity contribution in [1.82, 2.24) is 14.1 Å². The van der Waals surface area contributed by atoms with Crippen molar-refractivity contribution in [2.24, 2.45) is 0 Å². The lowest BCUT2D eigenvalue weighted by molar-refractivity contribution is 0.0730. The van der Waals surface area contributed by atoms with E-state index in [4.69, 9.17) is 4.74 Å². The van der Waals surface area contributed by atoms with Crippen LogP contribution in [0, 0.1) is 5.82 Å². The highest BCUT2D eigenvalue weighted by atomic mass is 32.2. The van der Waals surface area contributed by atoms with Gasteiger partial charge in [0.25, 0.3) is 5.91 Å². The molecule has 2 aromatic carbocycles. The average molecular weight is 500 g/mol. The maximum absolute atomic E-state index is 13.2. The first kappa shape index (κ1) is 23.5. The molecule has 1 N–H and O–H groups in total. The molecule has 0 saturated carbocycles. The van der Waals surface area contributed by atoms with Gasteiger partial charge in [0.05, 0.1) is 35.2 Å². The number of hydrogen-bond acceptors (Lipinski definition) is 6. The number of carbonyl (C=O) groups excluding carboxylic acids is 1. The van der Waals surface area contributed by atoms with Crippen molar-refractivity contribution in [1.29, 1.82) is 0 Å². The van der Waals surface area contributed by atoms with Gasteiger partial charge in [-0.05, 0) is 61.4 Å². The second kappa shape index (κ2) is 9.76. The Bertz CT molecular complexity index is 1310. The van der Waals surface area contributed by atoms with Gasteiger partial charge in [0, 0.05) is 32.4 Å². The van der Waals surface area contributed by atoms with Crippen LogP contribution >= 0.6 is 0 Å². The number of halogens is 1. The smallest absolute Gasteiger partial charge is 0.276 e. The molecule has 11 heteroatoms. The minimum Gasteiger partial charge on any atom is -0.379 e. The van der Waals surface area contributed by atoms with Crippen molar-refractivity contribution in [3.63, 3.8) is 0 Å². The zero-order chi connectivity index (χ0) is 24.4. The van der Waals surface area contributed by atoms with Crippen LogP contribution in [0.15, 0.2) is 59.6 Å². The minimum atomic E-state index is -3.73. The summed E-state index contributed by atoms with van der Waals surface area (Å²) in [7, 11) is -3.73. The highest BCUT2D eigenvalue weighted by molar-refractivity contribution is 7.89. The molecule has 2 fully saturated rings. The lowest BCUT2D eigenvalue weighted by Crippen LogP contribution is -2.40. The van der Waals surface area contributed by atoms with Crippen LogP contribution in [0.25, 0.3) is 5.69 Å². The molecular formula is C24H26FN5O4S. The third kappa shape index (κ3) is 4.93. The fraction of sp³-hybridized carbons (Fsp3) is 0.333. The van der Waals surface area contributed by atoms with Gasteiger partial charge >= 0.3 is 0 Å². The number of carbonyl (C=O) groups is 1. The Kier molecular flexibility index (Phi) is 6.54. The number of benzene rings is 2. The Balaban J connectivity index is 1.43. The van der Waals surface area contributed by atoms with E-state index in [0.29, 0.717) is 37.7 Å². The molecule has 2 saturated heterocycles. The third-order valence-electron chi connectivity index (χ3n) is 6.18. The lowest BCUT2D eigenvalue weighted by Gasteiger charge is -2.27. The molecule has 2 aliphatic rings. The summed E-state index contributed by atoms with van der Waals surface area (Å²) in [6.07, 6.45) is 3.68. The zero-order valence-electron chi connectivity index (χ0n) is 19.1. The number of morpholine rings is 1. The predicted octanol–water partition coefficient (Wildman–Crippen LogP) is 2.88. The molecule has 9 nitrogen and oxygen atoms in total. The first-order valence-corrected chi connectivity index (χ1v) is 13.0. The van der Waals surface area contributed by atoms with E-state index in [-0.39, 0.29) is 16.4 Å². The van der Waals surface area contributed by atoms with Gasteiger partial charge in [-0.3, -0.25) is 4.79 Å². The molecule has 0 spiro atoms. The highest BCUT2D eigenvalue weighted by Gasteiger charge is 2.28. The molecule has 35 heavy (non-hydrogen) atoms. The largest absolute Gasteiger partial charge is 0.379 e. The first-order valence-electron chi connectivity index (χ1n) is 11.5. The quantitative estimate of drug-likeness (QED) is 0.560. The second-order valence-electron chi connectivity index (χ2n) is 8.47. The summed E-state index contributed by atoms with van der Waals surface area (Å²) in [5.41, 5.74) is 1.96. The molecule has 3 aromatic rings. The molecule has 0 bridgehead atoms. The number of rotatable bonds is 6. The van der Waals surface area contributed by atoms with Crippen molar-refractivity contribution in [2.75, 3.05) is 49.6 Å². The zero-order valence-corrected chi connectivity index (χ0v) is 19.9. The summed E-state index contributed by atoms with van der Waals surface area (Å²) in [4.78, 5) is 15.4. The number of hydrogen-bond donors (Lipinski definition) is 1. The first-order chi connectivity index (χ1) is 16.9. The van der Waals surface area contributed by atoms with Gasteiger partial charge in [-0.25, -0.2) is 17.5 Å². The molecule has 0 unspecified atom stereocenters. The van der Waals surface area contributed by atoms with Crippen LogP contribution in [0.1, 0.15) is 23.3 Å². The Morgan fingerprint density at radius 2 is 1.69 bits per heavy atom. The third-order valence-corrected chi connectivity index (χ3v) is 8.08. The van der Waals surface area contributed by atoms with E-state index in [1.807, 2.05) is 0 Å². The Labute approximate surface area is 203 Å². The number of anilines is 2. The van der Waals surface area contributed by atoms with Crippen molar-refractivity contribution in [3.05, 3.63) is 66.2 Å². The van der Waals surface area contributed by atoms with Gasteiger partial charge in [-0.2, -0.15) is 9.40 Å². The standard InChI is InChI=1S/C24H26FN5O4S/c25-18-3-5-19(6-4-18)30-12-9-21(27-30)24(31)26-22-17-20(7-8-23(22)28-10-1-2-11-28)35(32,33)29-13-15-34-16-14-29/h3-9,12,17H,1-2,10-11,13-16H2,(H,26,31). The number of ether oxygens (including phenoxy) is 1. The monoisotopic (exact) mass is 499 g/mol. The van der Waals surface area contributed by atoms with E-state index < -0.39 is 15.9 Å². The summed E-state index contributed by atoms with van der Waals surface area (Å²) in [6, 6.07) is 12.2. The molecule has 0 atom stereocenters. The molecule has 0 aliphatic carbocycles. The van der Waals surface area contributed by atoms with Gasteiger partial charge in [-0.1, -0.05) is 0 Å². The van der Waals surface area contributed by atoms with Gasteiger partial charge in [0.2, 0.25) is 10.0 Å². The van der Waals surface area contributed by atoms with Crippen LogP contribution in [0.5, 0.6) is 0 Å². The van der Waals surface area contributed by atoms with Crippen LogP contribution < -0.4 is 10.2 Å².